The summed E-state index contributed by atoms with van der Waals surface area (Å²) in [4.78, 5) is 30.3. The van der Waals surface area contributed by atoms with E-state index < -0.39 is 0 Å². The molecule has 2 amide bonds. The van der Waals surface area contributed by atoms with E-state index in [-0.39, 0.29) is 11.8 Å². The molecule has 1 N–H and O–H groups in total. The number of hydrogen-bond acceptors (Lipinski definition) is 3. The molecule has 6 nitrogen and oxygen atoms in total. The minimum absolute atomic E-state index is 0.0623. The van der Waals surface area contributed by atoms with Crippen LogP contribution in [0.15, 0.2) is 54.9 Å². The molecule has 6 heteroatoms. The van der Waals surface area contributed by atoms with E-state index in [2.05, 4.69) is 10.3 Å². The summed E-state index contributed by atoms with van der Waals surface area (Å²) >= 11 is 0. The number of hydrogen-bond donors (Lipinski definition) is 1. The topological polar surface area (TPSA) is 67.2 Å². The minimum Gasteiger partial charge on any atom is -0.330 e. The van der Waals surface area contributed by atoms with Crippen molar-refractivity contribution in [3.8, 4) is 0 Å². The zero-order chi connectivity index (χ0) is 17.9. The van der Waals surface area contributed by atoms with Crippen LogP contribution in [0.5, 0.6) is 0 Å². The molecular formula is C20H20N4O2. The summed E-state index contributed by atoms with van der Waals surface area (Å²) in [6, 6.07) is 15.3. The Morgan fingerprint density at radius 1 is 1.15 bits per heavy atom. The molecule has 1 aliphatic rings. The van der Waals surface area contributed by atoms with Crippen LogP contribution in [-0.4, -0.2) is 27.9 Å². The lowest BCUT2D eigenvalue weighted by molar-refractivity contribution is -0.117. The average Bonchev–Trinajstić information content (AvgIpc) is 3.26. The standard InChI is InChI=1S/C20H20N4O2/c25-19(10-12-23-14-21-17-7-1-2-8-18(17)23)22-15-5-3-6-16(13-15)24-11-4-9-20(24)26/h1-3,5-8,13-14H,4,9-12H2,(H,22,25). The zero-order valence-electron chi connectivity index (χ0n) is 14.4. The third kappa shape index (κ3) is 3.31. The lowest BCUT2D eigenvalue weighted by atomic mass is 10.2. The highest BCUT2D eigenvalue weighted by Gasteiger charge is 2.21. The van der Waals surface area contributed by atoms with Gasteiger partial charge in [-0.3, -0.25) is 9.59 Å². The molecule has 0 unspecified atom stereocenters. The summed E-state index contributed by atoms with van der Waals surface area (Å²) in [7, 11) is 0. The van der Waals surface area contributed by atoms with Gasteiger partial charge in [-0.15, -0.1) is 0 Å². The van der Waals surface area contributed by atoms with Crippen LogP contribution < -0.4 is 10.2 Å². The van der Waals surface area contributed by atoms with Gasteiger partial charge in [0.1, 0.15) is 0 Å². The van der Waals surface area contributed by atoms with E-state index in [1.54, 1.807) is 11.2 Å². The highest BCUT2D eigenvalue weighted by atomic mass is 16.2. The fraction of sp³-hybridized carbons (Fsp3) is 0.250. The summed E-state index contributed by atoms with van der Waals surface area (Å²) in [5, 5.41) is 2.92. The van der Waals surface area contributed by atoms with Crippen molar-refractivity contribution in [1.82, 2.24) is 9.55 Å². The van der Waals surface area contributed by atoms with Gasteiger partial charge in [-0.25, -0.2) is 4.98 Å². The summed E-state index contributed by atoms with van der Waals surface area (Å²) in [6.45, 7) is 1.31. The Labute approximate surface area is 151 Å². The maximum Gasteiger partial charge on any atom is 0.227 e. The van der Waals surface area contributed by atoms with Gasteiger partial charge in [-0.2, -0.15) is 0 Å². The average molecular weight is 348 g/mol. The molecule has 1 aromatic heterocycles. The van der Waals surface area contributed by atoms with Crippen molar-refractivity contribution in [3.05, 3.63) is 54.9 Å². The monoisotopic (exact) mass is 348 g/mol. The highest BCUT2D eigenvalue weighted by molar-refractivity contribution is 5.97. The smallest absolute Gasteiger partial charge is 0.227 e. The molecule has 2 aromatic carbocycles. The summed E-state index contributed by atoms with van der Waals surface area (Å²) in [6.07, 6.45) is 3.59. The second kappa shape index (κ2) is 7.00. The number of anilines is 2. The third-order valence-electron chi connectivity index (χ3n) is 4.62. The van der Waals surface area contributed by atoms with Gasteiger partial charge in [0.2, 0.25) is 11.8 Å². The molecule has 4 rings (SSSR count). The summed E-state index contributed by atoms with van der Waals surface area (Å²) < 4.78 is 1.98. The molecule has 1 aliphatic heterocycles. The van der Waals surface area contributed by atoms with Gasteiger partial charge in [0.15, 0.2) is 0 Å². The van der Waals surface area contributed by atoms with Crippen LogP contribution in [0.1, 0.15) is 19.3 Å². The Morgan fingerprint density at radius 3 is 2.88 bits per heavy atom. The second-order valence-corrected chi connectivity index (χ2v) is 6.42. The number of aromatic nitrogens is 2. The van der Waals surface area contributed by atoms with Crippen LogP contribution in [-0.2, 0) is 16.1 Å². The van der Waals surface area contributed by atoms with Crippen LogP contribution in [0, 0.1) is 0 Å². The second-order valence-electron chi connectivity index (χ2n) is 6.42. The van der Waals surface area contributed by atoms with Crippen molar-refractivity contribution < 1.29 is 9.59 Å². The number of carbonyl (C=O) groups is 2. The van der Waals surface area contributed by atoms with E-state index in [1.165, 1.54) is 0 Å². The maximum absolute atomic E-state index is 12.3. The first-order valence-corrected chi connectivity index (χ1v) is 8.81. The molecule has 3 aromatic rings. The third-order valence-corrected chi connectivity index (χ3v) is 4.62. The Morgan fingerprint density at radius 2 is 2.04 bits per heavy atom. The molecule has 1 fully saturated rings. The zero-order valence-corrected chi connectivity index (χ0v) is 14.4. The predicted octanol–water partition coefficient (Wildman–Crippen LogP) is 3.19. The molecule has 0 bridgehead atoms. The molecule has 1 saturated heterocycles. The van der Waals surface area contributed by atoms with Gasteiger partial charge < -0.3 is 14.8 Å². The first-order valence-electron chi connectivity index (χ1n) is 8.81. The maximum atomic E-state index is 12.3. The lowest BCUT2D eigenvalue weighted by Gasteiger charge is -2.16. The molecule has 0 saturated carbocycles. The largest absolute Gasteiger partial charge is 0.330 e. The molecule has 2 heterocycles. The highest BCUT2D eigenvalue weighted by Crippen LogP contribution is 2.24. The number of para-hydroxylation sites is 2. The Balaban J connectivity index is 1.40. The number of benzene rings is 2. The molecule has 0 atom stereocenters. The Kier molecular flexibility index (Phi) is 4.39. The quantitative estimate of drug-likeness (QED) is 0.770. The predicted molar refractivity (Wildman–Crippen MR) is 101 cm³/mol. The molecule has 26 heavy (non-hydrogen) atoms. The fourth-order valence-corrected chi connectivity index (χ4v) is 3.31. The number of nitrogens with one attached hydrogen (secondary N) is 1. The lowest BCUT2D eigenvalue weighted by Crippen LogP contribution is -2.23. The van der Waals surface area contributed by atoms with Crippen molar-refractivity contribution in [2.24, 2.45) is 0 Å². The number of fused-ring (bicyclic) bond motifs is 1. The van der Waals surface area contributed by atoms with Crippen LogP contribution >= 0.6 is 0 Å². The number of imidazole rings is 1. The van der Waals surface area contributed by atoms with Crippen molar-refractivity contribution in [3.63, 3.8) is 0 Å². The van der Waals surface area contributed by atoms with Crippen LogP contribution in [0.3, 0.4) is 0 Å². The van der Waals surface area contributed by atoms with Gasteiger partial charge in [-0.1, -0.05) is 18.2 Å². The molecule has 0 radical (unpaired) electrons. The van der Waals surface area contributed by atoms with Crippen LogP contribution in [0.4, 0.5) is 11.4 Å². The first-order chi connectivity index (χ1) is 12.7. The van der Waals surface area contributed by atoms with Crippen LogP contribution in [0.2, 0.25) is 0 Å². The van der Waals surface area contributed by atoms with Crippen LogP contribution in [0.25, 0.3) is 11.0 Å². The van der Waals surface area contributed by atoms with E-state index in [9.17, 15) is 9.59 Å². The molecule has 0 aliphatic carbocycles. The minimum atomic E-state index is -0.0623. The van der Waals surface area contributed by atoms with Gasteiger partial charge in [0.25, 0.3) is 0 Å². The number of nitrogens with zero attached hydrogens (tertiary/aromatic N) is 3. The Hall–Kier alpha value is -3.15. The fourth-order valence-electron chi connectivity index (χ4n) is 3.31. The van der Waals surface area contributed by atoms with E-state index in [1.807, 2.05) is 53.1 Å². The van der Waals surface area contributed by atoms with Crippen molar-refractivity contribution in [2.75, 3.05) is 16.8 Å². The first kappa shape index (κ1) is 16.3. The van der Waals surface area contributed by atoms with Crippen molar-refractivity contribution in [1.29, 1.82) is 0 Å². The van der Waals surface area contributed by atoms with Gasteiger partial charge in [-0.05, 0) is 36.8 Å². The Bertz CT molecular complexity index is 963. The summed E-state index contributed by atoms with van der Waals surface area (Å²) in [5.41, 5.74) is 3.50. The van der Waals surface area contributed by atoms with E-state index in [0.717, 1.165) is 29.7 Å². The molecular weight excluding hydrogens is 328 g/mol. The number of rotatable bonds is 5. The van der Waals surface area contributed by atoms with Crippen molar-refractivity contribution in [2.45, 2.75) is 25.8 Å². The van der Waals surface area contributed by atoms with E-state index in [0.29, 0.717) is 25.1 Å². The van der Waals surface area contributed by atoms with Gasteiger partial charge in [0, 0.05) is 37.3 Å². The molecule has 132 valence electrons. The van der Waals surface area contributed by atoms with Gasteiger partial charge in [0.05, 0.1) is 17.4 Å². The summed E-state index contributed by atoms with van der Waals surface area (Å²) in [5.74, 6) is 0.0770. The van der Waals surface area contributed by atoms with E-state index >= 15 is 0 Å². The van der Waals surface area contributed by atoms with E-state index in [4.69, 9.17) is 0 Å². The normalized spacial score (nSPS) is 14.2. The van der Waals surface area contributed by atoms with Crippen molar-refractivity contribution >= 4 is 34.2 Å². The number of carbonyl (C=O) groups excluding carboxylic acids is 2. The van der Waals surface area contributed by atoms with Gasteiger partial charge >= 0.3 is 0 Å². The number of aryl methyl sites for hydroxylation is 1. The SMILES string of the molecule is O=C(CCn1cnc2ccccc21)Nc1cccc(N2CCCC2=O)c1. The number of amides is 2. The molecule has 0 spiro atoms.